The number of allylic oxidation sites excluding steroid dienone is 1. The van der Waals surface area contributed by atoms with Crippen molar-refractivity contribution >= 4 is 11.8 Å². The van der Waals surface area contributed by atoms with E-state index in [9.17, 15) is 14.7 Å². The number of phenols is 1. The fourth-order valence-corrected chi connectivity index (χ4v) is 2.89. The average molecular weight is 397 g/mol. The minimum atomic E-state index is -0.805. The molecule has 0 aliphatic rings. The third kappa shape index (κ3) is 6.69. The molecule has 0 aliphatic heterocycles. The Labute approximate surface area is 170 Å². The first-order chi connectivity index (χ1) is 13.8. The Hall–Kier alpha value is -3.26. The molecule has 8 nitrogen and oxygen atoms in total. The molecule has 0 saturated carbocycles. The van der Waals surface area contributed by atoms with Crippen molar-refractivity contribution in [3.8, 4) is 5.75 Å². The van der Waals surface area contributed by atoms with Gasteiger partial charge in [-0.15, -0.1) is 0 Å². The Kier molecular flexibility index (Phi) is 7.85. The van der Waals surface area contributed by atoms with Gasteiger partial charge in [-0.2, -0.15) is 0 Å². The number of hydrogen-bond acceptors (Lipinski definition) is 6. The lowest BCUT2D eigenvalue weighted by atomic mass is 9.96. The first kappa shape index (κ1) is 22.0. The summed E-state index contributed by atoms with van der Waals surface area (Å²) in [6.45, 7) is 5.31. The van der Waals surface area contributed by atoms with Crippen molar-refractivity contribution in [2.75, 3.05) is 0 Å². The highest BCUT2D eigenvalue weighted by atomic mass is 16.3. The van der Waals surface area contributed by atoms with E-state index in [1.54, 1.807) is 37.5 Å². The van der Waals surface area contributed by atoms with E-state index >= 15 is 0 Å². The lowest BCUT2D eigenvalue weighted by Crippen LogP contribution is -2.50. The fourth-order valence-electron chi connectivity index (χ4n) is 2.89. The van der Waals surface area contributed by atoms with Crippen LogP contribution in [-0.4, -0.2) is 39.0 Å². The first-order valence-electron chi connectivity index (χ1n) is 9.32. The zero-order valence-electron chi connectivity index (χ0n) is 16.8. The number of benzene rings is 1. The van der Waals surface area contributed by atoms with Crippen LogP contribution in [0.25, 0.3) is 0 Å². The number of carbonyl (C=O) groups excluding carboxylic acids is 2. The largest absolute Gasteiger partial charge is 0.508 e. The third-order valence-electron chi connectivity index (χ3n) is 4.50. The standard InChI is InChI=1S/C21H27N5O3/c1-13-7-17(27)8-14(2)18(13)9-19(22)21(29)26-15(3)20(28)25-6-4-5-16-10-23-12-24-11-16/h4,6-8,10-12,15,19,27H,5,9,22H2,1-3H3,(H,25,28)(H,26,29)/t15-,19+/m1/s1. The normalized spacial score (nSPS) is 13.1. The van der Waals surface area contributed by atoms with Crippen LogP contribution in [0.4, 0.5) is 0 Å². The second kappa shape index (κ2) is 10.3. The predicted octanol–water partition coefficient (Wildman–Crippen LogP) is 1.05. The number of aromatic hydroxyl groups is 1. The summed E-state index contributed by atoms with van der Waals surface area (Å²) in [5.41, 5.74) is 9.59. The van der Waals surface area contributed by atoms with Gasteiger partial charge >= 0.3 is 0 Å². The highest BCUT2D eigenvalue weighted by molar-refractivity contribution is 5.89. The molecule has 0 unspecified atom stereocenters. The van der Waals surface area contributed by atoms with Gasteiger partial charge in [-0.05, 0) is 68.0 Å². The van der Waals surface area contributed by atoms with Gasteiger partial charge < -0.3 is 21.5 Å². The molecule has 8 heteroatoms. The number of nitrogens with zero attached hydrogens (tertiary/aromatic N) is 2. The number of nitrogens with two attached hydrogens (primary N) is 1. The number of hydrogen-bond donors (Lipinski definition) is 4. The molecule has 5 N–H and O–H groups in total. The molecule has 2 amide bonds. The number of aromatic nitrogens is 2. The highest BCUT2D eigenvalue weighted by Crippen LogP contribution is 2.21. The molecule has 2 rings (SSSR count). The van der Waals surface area contributed by atoms with Gasteiger partial charge in [0.1, 0.15) is 18.1 Å². The van der Waals surface area contributed by atoms with Crippen molar-refractivity contribution < 1.29 is 14.7 Å². The van der Waals surface area contributed by atoms with Crippen LogP contribution in [0.5, 0.6) is 5.75 Å². The third-order valence-corrected chi connectivity index (χ3v) is 4.50. The van der Waals surface area contributed by atoms with E-state index in [0.717, 1.165) is 22.3 Å². The molecule has 0 saturated heterocycles. The monoisotopic (exact) mass is 397 g/mol. The SMILES string of the molecule is Cc1cc(O)cc(C)c1C[C@H](N)C(=O)N[C@H](C)C(=O)NC=CCc1cncnc1. The molecule has 1 aromatic heterocycles. The molecule has 2 atom stereocenters. The number of amides is 2. The van der Waals surface area contributed by atoms with Crippen molar-refractivity contribution in [2.45, 2.75) is 45.7 Å². The summed E-state index contributed by atoms with van der Waals surface area (Å²) < 4.78 is 0. The molecule has 154 valence electrons. The molecule has 0 spiro atoms. The van der Waals surface area contributed by atoms with E-state index in [0.29, 0.717) is 12.8 Å². The van der Waals surface area contributed by atoms with Crippen molar-refractivity contribution in [3.05, 3.63) is 65.4 Å². The minimum Gasteiger partial charge on any atom is -0.508 e. The van der Waals surface area contributed by atoms with Crippen molar-refractivity contribution in [2.24, 2.45) is 5.73 Å². The van der Waals surface area contributed by atoms with Gasteiger partial charge in [0, 0.05) is 18.6 Å². The molecule has 1 heterocycles. The molecule has 29 heavy (non-hydrogen) atoms. The topological polar surface area (TPSA) is 130 Å². The average Bonchev–Trinajstić information content (AvgIpc) is 2.68. The van der Waals surface area contributed by atoms with E-state index in [1.165, 1.54) is 12.5 Å². The van der Waals surface area contributed by atoms with Crippen molar-refractivity contribution in [1.29, 1.82) is 0 Å². The summed E-state index contributed by atoms with van der Waals surface area (Å²) in [4.78, 5) is 32.3. The number of rotatable bonds is 8. The van der Waals surface area contributed by atoms with Crippen LogP contribution in [0.2, 0.25) is 0 Å². The molecule has 1 aromatic carbocycles. The van der Waals surface area contributed by atoms with Gasteiger partial charge in [-0.1, -0.05) is 6.08 Å². The van der Waals surface area contributed by atoms with E-state index in [1.807, 2.05) is 13.8 Å². The second-order valence-corrected chi connectivity index (χ2v) is 6.96. The summed E-state index contributed by atoms with van der Waals surface area (Å²) in [5.74, 6) is -0.576. The summed E-state index contributed by atoms with van der Waals surface area (Å²) in [7, 11) is 0. The van der Waals surface area contributed by atoms with Gasteiger partial charge in [0.05, 0.1) is 6.04 Å². The van der Waals surface area contributed by atoms with Crippen LogP contribution >= 0.6 is 0 Å². The van der Waals surface area contributed by atoms with Crippen LogP contribution in [0.15, 0.2) is 43.1 Å². The van der Waals surface area contributed by atoms with E-state index in [2.05, 4.69) is 20.6 Å². The number of phenolic OH excluding ortho intramolecular Hbond substituents is 1. The maximum Gasteiger partial charge on any atom is 0.246 e. The van der Waals surface area contributed by atoms with Gasteiger partial charge in [-0.3, -0.25) is 9.59 Å². The molecule has 0 aliphatic carbocycles. The minimum absolute atomic E-state index is 0.180. The van der Waals surface area contributed by atoms with Crippen LogP contribution < -0.4 is 16.4 Å². The quantitative estimate of drug-likeness (QED) is 0.527. The van der Waals surface area contributed by atoms with E-state index in [4.69, 9.17) is 5.73 Å². The molecular formula is C21H27N5O3. The number of carbonyl (C=O) groups is 2. The number of nitrogens with one attached hydrogen (secondary N) is 2. The van der Waals surface area contributed by atoms with Crippen molar-refractivity contribution in [1.82, 2.24) is 20.6 Å². The maximum atomic E-state index is 12.4. The molecule has 0 radical (unpaired) electrons. The van der Waals surface area contributed by atoms with Gasteiger partial charge in [0.25, 0.3) is 0 Å². The van der Waals surface area contributed by atoms with E-state index in [-0.39, 0.29) is 11.7 Å². The summed E-state index contributed by atoms with van der Waals surface area (Å²) in [6.07, 6.45) is 9.04. The van der Waals surface area contributed by atoms with Crippen LogP contribution in [-0.2, 0) is 22.4 Å². The summed E-state index contributed by atoms with van der Waals surface area (Å²) in [6, 6.07) is 1.73. The maximum absolute atomic E-state index is 12.4. The fraction of sp³-hybridized carbons (Fsp3) is 0.333. The van der Waals surface area contributed by atoms with Gasteiger partial charge in [0.2, 0.25) is 11.8 Å². The molecule has 0 fully saturated rings. The van der Waals surface area contributed by atoms with Gasteiger partial charge in [-0.25, -0.2) is 9.97 Å². The first-order valence-corrected chi connectivity index (χ1v) is 9.32. The number of aryl methyl sites for hydroxylation is 2. The van der Waals surface area contributed by atoms with Crippen LogP contribution in [0.3, 0.4) is 0 Å². The lowest BCUT2D eigenvalue weighted by molar-refractivity contribution is -0.128. The molecule has 2 aromatic rings. The van der Waals surface area contributed by atoms with Crippen molar-refractivity contribution in [3.63, 3.8) is 0 Å². The molecular weight excluding hydrogens is 370 g/mol. The Morgan fingerprint density at radius 3 is 2.41 bits per heavy atom. The Morgan fingerprint density at radius 2 is 1.79 bits per heavy atom. The Balaban J connectivity index is 1.83. The predicted molar refractivity (Wildman–Crippen MR) is 110 cm³/mol. The summed E-state index contributed by atoms with van der Waals surface area (Å²) in [5, 5.41) is 14.9. The zero-order chi connectivity index (χ0) is 21.4. The molecule has 0 bridgehead atoms. The van der Waals surface area contributed by atoms with Crippen LogP contribution in [0.1, 0.15) is 29.2 Å². The van der Waals surface area contributed by atoms with Gasteiger partial charge in [0.15, 0.2) is 0 Å². The Morgan fingerprint density at radius 1 is 1.17 bits per heavy atom. The van der Waals surface area contributed by atoms with E-state index < -0.39 is 18.0 Å². The Bertz CT molecular complexity index is 860. The van der Waals surface area contributed by atoms with Crippen LogP contribution in [0, 0.1) is 13.8 Å². The zero-order valence-corrected chi connectivity index (χ0v) is 16.8. The highest BCUT2D eigenvalue weighted by Gasteiger charge is 2.21. The second-order valence-electron chi connectivity index (χ2n) is 6.96. The summed E-state index contributed by atoms with van der Waals surface area (Å²) >= 11 is 0. The smallest absolute Gasteiger partial charge is 0.246 e. The lowest BCUT2D eigenvalue weighted by Gasteiger charge is -2.18.